The van der Waals surface area contributed by atoms with Crippen LogP contribution in [0.25, 0.3) is 5.76 Å². The second kappa shape index (κ2) is 9.93. The van der Waals surface area contributed by atoms with Crippen LogP contribution in [-0.2, 0) is 14.3 Å². The Bertz CT molecular complexity index is 984. The molecule has 2 saturated heterocycles. The predicted octanol–water partition coefficient (Wildman–Crippen LogP) is 0.817. The van der Waals surface area contributed by atoms with E-state index in [-0.39, 0.29) is 11.3 Å². The Morgan fingerprint density at radius 1 is 1.22 bits per heavy atom. The Morgan fingerprint density at radius 2 is 1.97 bits per heavy atom. The van der Waals surface area contributed by atoms with Gasteiger partial charge in [0.25, 0.3) is 11.7 Å². The van der Waals surface area contributed by atoms with Crippen LogP contribution in [0, 0.1) is 0 Å². The monoisotopic (exact) mass is 438 g/mol. The van der Waals surface area contributed by atoms with Gasteiger partial charge in [-0.3, -0.25) is 14.6 Å². The number of carbonyl (C=O) groups excluding carboxylic acids is 2. The third kappa shape index (κ3) is 4.51. The van der Waals surface area contributed by atoms with E-state index in [2.05, 4.69) is 4.98 Å². The highest BCUT2D eigenvalue weighted by molar-refractivity contribution is 6.46. The molecule has 1 aromatic heterocycles. The summed E-state index contributed by atoms with van der Waals surface area (Å²) in [5.41, 5.74) is 1.24. The molecule has 1 amide bonds. The Morgan fingerprint density at radius 3 is 2.62 bits per heavy atom. The second-order valence-electron chi connectivity index (χ2n) is 7.97. The molecule has 3 heterocycles. The maximum atomic E-state index is 13.0. The van der Waals surface area contributed by atoms with Crippen LogP contribution >= 0.6 is 0 Å². The number of rotatable bonds is 7. The third-order valence-corrected chi connectivity index (χ3v) is 6.03. The number of aromatic nitrogens is 1. The number of nitrogens with zero attached hydrogens (tertiary/aromatic N) is 2. The molecule has 1 aromatic carbocycles. The summed E-state index contributed by atoms with van der Waals surface area (Å²) in [6.45, 7) is 4.71. The molecule has 0 unspecified atom stereocenters. The van der Waals surface area contributed by atoms with E-state index >= 15 is 0 Å². The number of pyridine rings is 1. The van der Waals surface area contributed by atoms with Crippen LogP contribution in [0.15, 0.2) is 54.4 Å². The van der Waals surface area contributed by atoms with Gasteiger partial charge >= 0.3 is 0 Å². The molecule has 32 heavy (non-hydrogen) atoms. The molecule has 2 fully saturated rings. The van der Waals surface area contributed by atoms with Crippen LogP contribution in [0.1, 0.15) is 23.6 Å². The van der Waals surface area contributed by atoms with Crippen LogP contribution in [0.4, 0.5) is 0 Å². The van der Waals surface area contributed by atoms with Gasteiger partial charge in [-0.25, -0.2) is 0 Å². The minimum Gasteiger partial charge on any atom is -0.507 e. The summed E-state index contributed by atoms with van der Waals surface area (Å²) in [5, 5.41) is 11.1. The number of amides is 1. The van der Waals surface area contributed by atoms with E-state index in [1.54, 1.807) is 54.7 Å². The molecule has 0 spiro atoms. The molecule has 0 aliphatic carbocycles. The molecular formula is C24H28N3O5+. The van der Waals surface area contributed by atoms with Crippen molar-refractivity contribution in [3.05, 3.63) is 65.5 Å². The molecule has 8 heteroatoms. The van der Waals surface area contributed by atoms with Gasteiger partial charge in [0.05, 0.1) is 38.5 Å². The molecule has 8 nitrogen and oxygen atoms in total. The van der Waals surface area contributed by atoms with Gasteiger partial charge in [-0.1, -0.05) is 6.07 Å². The highest BCUT2D eigenvalue weighted by atomic mass is 16.5. The fourth-order valence-corrected chi connectivity index (χ4v) is 4.31. The Labute approximate surface area is 187 Å². The smallest absolute Gasteiger partial charge is 0.295 e. The molecule has 2 aliphatic heterocycles. The van der Waals surface area contributed by atoms with E-state index in [9.17, 15) is 14.7 Å². The lowest BCUT2D eigenvalue weighted by molar-refractivity contribution is -0.908. The van der Waals surface area contributed by atoms with Gasteiger partial charge in [-0.2, -0.15) is 0 Å². The van der Waals surface area contributed by atoms with E-state index < -0.39 is 17.7 Å². The molecular weight excluding hydrogens is 410 g/mol. The lowest BCUT2D eigenvalue weighted by Gasteiger charge is -2.27. The summed E-state index contributed by atoms with van der Waals surface area (Å²) in [6.07, 6.45) is 4.03. The van der Waals surface area contributed by atoms with Gasteiger partial charge in [-0.15, -0.1) is 0 Å². The zero-order chi connectivity index (χ0) is 22.5. The first-order valence-electron chi connectivity index (χ1n) is 10.8. The fourth-order valence-electron chi connectivity index (χ4n) is 4.31. The third-order valence-electron chi connectivity index (χ3n) is 6.03. The quantitative estimate of drug-likeness (QED) is 0.378. The number of aliphatic hydroxyl groups is 1. The number of ketones is 1. The number of aliphatic hydroxyl groups excluding tert-OH is 1. The number of quaternary nitrogens is 1. The van der Waals surface area contributed by atoms with Crippen molar-refractivity contribution in [2.75, 3.05) is 46.5 Å². The maximum absolute atomic E-state index is 13.0. The average Bonchev–Trinajstić information content (AvgIpc) is 3.10. The van der Waals surface area contributed by atoms with Crippen LogP contribution in [0.3, 0.4) is 0 Å². The number of benzene rings is 1. The number of carbonyl (C=O) groups is 2. The van der Waals surface area contributed by atoms with Crippen molar-refractivity contribution in [1.29, 1.82) is 0 Å². The minimum atomic E-state index is -0.675. The number of hydrogen-bond acceptors (Lipinski definition) is 6. The fraction of sp³-hybridized carbons (Fsp3) is 0.375. The first kappa shape index (κ1) is 22.0. The summed E-state index contributed by atoms with van der Waals surface area (Å²) in [7, 11) is 1.56. The Kier molecular flexibility index (Phi) is 6.82. The highest BCUT2D eigenvalue weighted by Gasteiger charge is 2.46. The van der Waals surface area contributed by atoms with Gasteiger partial charge in [0.15, 0.2) is 0 Å². The van der Waals surface area contributed by atoms with Crippen molar-refractivity contribution >= 4 is 17.4 Å². The van der Waals surface area contributed by atoms with Gasteiger partial charge in [0.2, 0.25) is 0 Å². The van der Waals surface area contributed by atoms with Gasteiger partial charge in [-0.05, 0) is 35.9 Å². The molecule has 0 radical (unpaired) electrons. The predicted molar refractivity (Wildman–Crippen MR) is 117 cm³/mol. The normalized spacial score (nSPS) is 21.2. The number of ether oxygens (including phenoxy) is 2. The summed E-state index contributed by atoms with van der Waals surface area (Å²) in [6, 6.07) is 9.66. The number of nitrogens with one attached hydrogen (secondary N) is 1. The lowest BCUT2D eigenvalue weighted by atomic mass is 9.96. The number of likely N-dealkylation sites (tertiary alicyclic amines) is 1. The highest BCUT2D eigenvalue weighted by Crippen LogP contribution is 2.39. The molecule has 2 aromatic rings. The molecule has 2 aliphatic rings. The second-order valence-corrected chi connectivity index (χ2v) is 7.97. The topological polar surface area (TPSA) is 93.4 Å². The molecule has 1 atom stereocenters. The van der Waals surface area contributed by atoms with Gasteiger partial charge in [0, 0.05) is 30.9 Å². The average molecular weight is 439 g/mol. The zero-order valence-electron chi connectivity index (χ0n) is 18.1. The van der Waals surface area contributed by atoms with E-state index in [1.165, 1.54) is 4.90 Å². The lowest BCUT2D eigenvalue weighted by Crippen LogP contribution is -3.14. The van der Waals surface area contributed by atoms with Crippen LogP contribution in [-0.4, -0.2) is 73.2 Å². The summed E-state index contributed by atoms with van der Waals surface area (Å²) >= 11 is 0. The molecule has 168 valence electrons. The summed E-state index contributed by atoms with van der Waals surface area (Å²) < 4.78 is 10.6. The first-order chi connectivity index (χ1) is 15.6. The van der Waals surface area contributed by atoms with Gasteiger partial charge < -0.3 is 24.4 Å². The zero-order valence-corrected chi connectivity index (χ0v) is 18.1. The van der Waals surface area contributed by atoms with Crippen molar-refractivity contribution in [2.45, 2.75) is 12.5 Å². The summed E-state index contributed by atoms with van der Waals surface area (Å²) in [4.78, 5) is 33.2. The SMILES string of the molecule is COc1ccc(C(O)=C2C(=O)C(=O)N(CCC[NH+]3CCOCC3)[C@@H]2c2cccnc2)cc1. The molecule has 0 saturated carbocycles. The number of morpholine rings is 1. The molecule has 2 N–H and O–H groups in total. The Hall–Kier alpha value is -3.23. The molecule has 0 bridgehead atoms. The van der Waals surface area contributed by atoms with E-state index in [0.29, 0.717) is 23.4 Å². The van der Waals surface area contributed by atoms with E-state index in [4.69, 9.17) is 9.47 Å². The van der Waals surface area contributed by atoms with Crippen molar-refractivity contribution < 1.29 is 29.1 Å². The van der Waals surface area contributed by atoms with Crippen LogP contribution in [0.5, 0.6) is 5.75 Å². The van der Waals surface area contributed by atoms with Crippen molar-refractivity contribution in [3.8, 4) is 5.75 Å². The summed E-state index contributed by atoms with van der Waals surface area (Å²) in [5.74, 6) is -0.825. The van der Waals surface area contributed by atoms with E-state index in [0.717, 1.165) is 39.3 Å². The number of methoxy groups -OCH3 is 1. The van der Waals surface area contributed by atoms with Crippen LogP contribution < -0.4 is 9.64 Å². The van der Waals surface area contributed by atoms with Crippen LogP contribution in [0.2, 0.25) is 0 Å². The minimum absolute atomic E-state index is 0.0897. The van der Waals surface area contributed by atoms with E-state index in [1.807, 2.05) is 6.07 Å². The largest absolute Gasteiger partial charge is 0.507 e. The van der Waals surface area contributed by atoms with Crippen molar-refractivity contribution in [1.82, 2.24) is 9.88 Å². The first-order valence-corrected chi connectivity index (χ1v) is 10.8. The maximum Gasteiger partial charge on any atom is 0.295 e. The number of hydrogen-bond donors (Lipinski definition) is 2. The number of Topliss-reactive ketones (excluding diaryl/α,β-unsaturated/α-hetero) is 1. The Balaban J connectivity index is 1.64. The standard InChI is InChI=1S/C24H27N3O5/c1-31-19-7-5-17(6-8-19)22(28)20-21(18-4-2-9-25-16-18)27(24(30)23(20)29)11-3-10-26-12-14-32-15-13-26/h2,4-9,16,21,28H,3,10-15H2,1H3/p+1/t21-/m1/s1. The molecule has 4 rings (SSSR count). The van der Waals surface area contributed by atoms with Crippen molar-refractivity contribution in [3.63, 3.8) is 0 Å². The van der Waals surface area contributed by atoms with Gasteiger partial charge in [0.1, 0.15) is 24.6 Å². The van der Waals surface area contributed by atoms with Crippen molar-refractivity contribution in [2.24, 2.45) is 0 Å².